The van der Waals surface area contributed by atoms with Crippen LogP contribution in [0.4, 0.5) is 0 Å². The number of hydrogen-bond acceptors (Lipinski definition) is 2. The minimum absolute atomic E-state index is 0.649. The molecule has 0 aliphatic rings. The molecule has 0 saturated heterocycles. The van der Waals surface area contributed by atoms with E-state index < -0.39 is 0 Å². The van der Waals surface area contributed by atoms with E-state index in [0.717, 1.165) is 18.7 Å². The van der Waals surface area contributed by atoms with Crippen molar-refractivity contribution in [3.05, 3.63) is 0 Å². The van der Waals surface area contributed by atoms with Gasteiger partial charge in [0.25, 0.3) is 0 Å². The number of carbonyl (C=O) groups excluding carboxylic acids is 1. The third kappa shape index (κ3) is 11.7. The first-order chi connectivity index (χ1) is 6.91. The van der Waals surface area contributed by atoms with Gasteiger partial charge >= 0.3 is 0 Å². The van der Waals surface area contributed by atoms with Gasteiger partial charge in [-0.2, -0.15) is 0 Å². The van der Waals surface area contributed by atoms with Crippen LogP contribution >= 0.6 is 11.6 Å². The van der Waals surface area contributed by atoms with Gasteiger partial charge < -0.3 is 0 Å². The number of rotatable bonds is 10. The zero-order valence-electron chi connectivity index (χ0n) is 8.80. The van der Waals surface area contributed by atoms with Gasteiger partial charge in [-0.05, 0) is 12.8 Å². The molecule has 0 aliphatic carbocycles. The summed E-state index contributed by atoms with van der Waals surface area (Å²) in [7, 11) is 0. The van der Waals surface area contributed by atoms with Gasteiger partial charge in [0, 0.05) is 5.88 Å². The summed E-state index contributed by atoms with van der Waals surface area (Å²) >= 11 is 5.57. The number of hydrogen-bond donors (Lipinski definition) is 0. The van der Waals surface area contributed by atoms with E-state index in [4.69, 9.17) is 11.6 Å². The molecule has 0 aromatic heterocycles. The third-order valence-electron chi connectivity index (χ3n) is 2.22. The fourth-order valence-electron chi connectivity index (χ4n) is 1.39. The molecule has 0 N–H and O–H groups in total. The maximum Gasteiger partial charge on any atom is 0.234 e. The average Bonchev–Trinajstić information content (AvgIpc) is 2.21. The first-order valence-electron chi connectivity index (χ1n) is 5.51. The van der Waals surface area contributed by atoms with Crippen LogP contribution in [0.2, 0.25) is 0 Å². The molecule has 0 amide bonds. The second-order valence-corrected chi connectivity index (χ2v) is 3.87. The Morgan fingerprint density at radius 2 is 1.36 bits per heavy atom. The molecule has 3 heteroatoms. The van der Waals surface area contributed by atoms with Gasteiger partial charge in [0.1, 0.15) is 0 Å². The molecular formula is C11H20ClNO. The minimum atomic E-state index is 0.649. The van der Waals surface area contributed by atoms with E-state index in [1.165, 1.54) is 38.5 Å². The zero-order chi connectivity index (χ0) is 10.5. The van der Waals surface area contributed by atoms with Crippen molar-refractivity contribution in [1.29, 1.82) is 0 Å². The van der Waals surface area contributed by atoms with Crippen molar-refractivity contribution in [2.75, 3.05) is 12.4 Å². The molecule has 0 spiro atoms. The van der Waals surface area contributed by atoms with Crippen molar-refractivity contribution in [3.63, 3.8) is 0 Å². The number of aliphatic imine (C=N–C) groups is 1. The van der Waals surface area contributed by atoms with Crippen molar-refractivity contribution in [2.24, 2.45) is 4.99 Å². The fraction of sp³-hybridized carbons (Fsp3) is 0.909. The van der Waals surface area contributed by atoms with Crippen LogP contribution in [0.3, 0.4) is 0 Å². The van der Waals surface area contributed by atoms with Crippen LogP contribution < -0.4 is 0 Å². The average molecular weight is 218 g/mol. The van der Waals surface area contributed by atoms with E-state index in [0.29, 0.717) is 6.54 Å². The molecule has 0 atom stereocenters. The van der Waals surface area contributed by atoms with Crippen molar-refractivity contribution in [2.45, 2.75) is 51.4 Å². The smallest absolute Gasteiger partial charge is 0.211 e. The van der Waals surface area contributed by atoms with Crippen LogP contribution in [0.25, 0.3) is 0 Å². The molecule has 0 heterocycles. The van der Waals surface area contributed by atoms with E-state index >= 15 is 0 Å². The summed E-state index contributed by atoms with van der Waals surface area (Å²) in [5.41, 5.74) is 0. The Morgan fingerprint density at radius 3 is 1.86 bits per heavy atom. The zero-order valence-corrected chi connectivity index (χ0v) is 9.56. The molecule has 0 aromatic carbocycles. The van der Waals surface area contributed by atoms with Gasteiger partial charge in [-0.25, -0.2) is 9.79 Å². The molecule has 0 saturated carbocycles. The fourth-order valence-corrected chi connectivity index (χ4v) is 1.58. The Balaban J connectivity index is 2.88. The molecule has 0 aliphatic heterocycles. The van der Waals surface area contributed by atoms with Crippen LogP contribution in [0.15, 0.2) is 4.99 Å². The summed E-state index contributed by atoms with van der Waals surface area (Å²) in [6.45, 7) is 0.649. The monoisotopic (exact) mass is 217 g/mol. The predicted octanol–water partition coefficient (Wildman–Crippen LogP) is 3.68. The molecule has 0 rings (SSSR count). The molecule has 14 heavy (non-hydrogen) atoms. The van der Waals surface area contributed by atoms with E-state index in [9.17, 15) is 4.79 Å². The Hall–Kier alpha value is -0.330. The minimum Gasteiger partial charge on any atom is -0.211 e. The highest BCUT2D eigenvalue weighted by molar-refractivity contribution is 6.17. The normalized spacial score (nSPS) is 9.79. The van der Waals surface area contributed by atoms with Crippen LogP contribution in [0.5, 0.6) is 0 Å². The van der Waals surface area contributed by atoms with Crippen molar-refractivity contribution in [1.82, 2.24) is 0 Å². The topological polar surface area (TPSA) is 29.4 Å². The molecule has 2 nitrogen and oxygen atoms in total. The van der Waals surface area contributed by atoms with Gasteiger partial charge in [-0.15, -0.1) is 11.6 Å². The number of isocyanates is 1. The largest absolute Gasteiger partial charge is 0.234 e. The van der Waals surface area contributed by atoms with E-state index in [1.54, 1.807) is 6.08 Å². The Labute approximate surface area is 91.7 Å². The van der Waals surface area contributed by atoms with Gasteiger partial charge in [0.15, 0.2) is 0 Å². The maximum absolute atomic E-state index is 9.74. The summed E-state index contributed by atoms with van der Waals surface area (Å²) < 4.78 is 0. The first kappa shape index (κ1) is 13.7. The Morgan fingerprint density at radius 1 is 0.857 bits per heavy atom. The first-order valence-corrected chi connectivity index (χ1v) is 6.05. The Bertz CT molecular complexity index is 155. The number of unbranched alkanes of at least 4 members (excludes halogenated alkanes) is 7. The van der Waals surface area contributed by atoms with E-state index in [2.05, 4.69) is 4.99 Å². The molecule has 0 unspecified atom stereocenters. The highest BCUT2D eigenvalue weighted by Crippen LogP contribution is 2.08. The van der Waals surface area contributed by atoms with Crippen molar-refractivity contribution in [3.8, 4) is 0 Å². The van der Waals surface area contributed by atoms with Crippen LogP contribution in [0, 0.1) is 0 Å². The lowest BCUT2D eigenvalue weighted by molar-refractivity contribution is 0.558. The van der Waals surface area contributed by atoms with Gasteiger partial charge in [0.05, 0.1) is 6.54 Å². The summed E-state index contributed by atoms with van der Waals surface area (Å²) in [6.07, 6.45) is 11.3. The highest BCUT2D eigenvalue weighted by Gasteiger charge is 1.91. The summed E-state index contributed by atoms with van der Waals surface area (Å²) in [6, 6.07) is 0. The van der Waals surface area contributed by atoms with Gasteiger partial charge in [0.2, 0.25) is 6.08 Å². The predicted molar refractivity (Wildman–Crippen MR) is 60.6 cm³/mol. The number of halogens is 1. The molecular weight excluding hydrogens is 198 g/mol. The number of nitrogens with zero attached hydrogens (tertiary/aromatic N) is 1. The van der Waals surface area contributed by atoms with E-state index in [1.807, 2.05) is 0 Å². The second-order valence-electron chi connectivity index (χ2n) is 3.49. The lowest BCUT2D eigenvalue weighted by Gasteiger charge is -1.99. The van der Waals surface area contributed by atoms with Gasteiger partial charge in [-0.1, -0.05) is 38.5 Å². The molecule has 0 radical (unpaired) electrons. The summed E-state index contributed by atoms with van der Waals surface area (Å²) in [5.74, 6) is 0.795. The summed E-state index contributed by atoms with van der Waals surface area (Å²) in [5, 5.41) is 0. The van der Waals surface area contributed by atoms with Crippen molar-refractivity contribution < 1.29 is 4.79 Å². The van der Waals surface area contributed by atoms with Crippen LogP contribution in [0.1, 0.15) is 51.4 Å². The summed E-state index contributed by atoms with van der Waals surface area (Å²) in [4.78, 5) is 13.2. The van der Waals surface area contributed by atoms with Crippen LogP contribution in [-0.2, 0) is 4.79 Å². The SMILES string of the molecule is O=C=NCCCCCCCCCCCl. The second kappa shape index (κ2) is 12.7. The van der Waals surface area contributed by atoms with Crippen LogP contribution in [-0.4, -0.2) is 18.5 Å². The molecule has 82 valence electrons. The molecule has 0 bridgehead atoms. The number of alkyl halides is 1. The lowest BCUT2D eigenvalue weighted by Crippen LogP contribution is -1.84. The standard InChI is InChI=1S/C11H20ClNO/c12-9-7-5-3-1-2-4-6-8-10-13-11-14/h1-10H2. The molecule has 0 aromatic rings. The van der Waals surface area contributed by atoms with Gasteiger partial charge in [-0.3, -0.25) is 0 Å². The maximum atomic E-state index is 9.74. The Kier molecular flexibility index (Phi) is 12.4. The lowest BCUT2D eigenvalue weighted by atomic mass is 10.1. The molecule has 0 fully saturated rings. The van der Waals surface area contributed by atoms with E-state index in [-0.39, 0.29) is 0 Å². The van der Waals surface area contributed by atoms with Crippen molar-refractivity contribution >= 4 is 17.7 Å². The quantitative estimate of drug-likeness (QED) is 0.238. The third-order valence-corrected chi connectivity index (χ3v) is 2.49. The highest BCUT2D eigenvalue weighted by atomic mass is 35.5.